The summed E-state index contributed by atoms with van der Waals surface area (Å²) in [4.78, 5) is 16.2. The first-order chi connectivity index (χ1) is 20.3. The van der Waals surface area contributed by atoms with E-state index in [1.807, 2.05) is 44.2 Å². The fourth-order valence-electron chi connectivity index (χ4n) is 5.81. The molecule has 1 aliphatic heterocycles. The summed E-state index contributed by atoms with van der Waals surface area (Å²) < 4.78 is 38.3. The Labute approximate surface area is 243 Å². The van der Waals surface area contributed by atoms with Crippen molar-refractivity contribution in [3.8, 4) is 40.2 Å². The summed E-state index contributed by atoms with van der Waals surface area (Å²) in [6, 6.07) is 20.1. The van der Waals surface area contributed by atoms with E-state index in [-0.39, 0.29) is 24.1 Å². The molecule has 6 rings (SSSR count). The number of rotatable bonds is 7. The van der Waals surface area contributed by atoms with E-state index in [2.05, 4.69) is 11.1 Å². The number of benzene rings is 3. The topological polar surface area (TPSA) is 90.7 Å². The van der Waals surface area contributed by atoms with Crippen LogP contribution < -0.4 is 14.2 Å². The number of pyridine rings is 1. The quantitative estimate of drug-likeness (QED) is 0.218. The Morgan fingerprint density at radius 2 is 1.83 bits per heavy atom. The van der Waals surface area contributed by atoms with Gasteiger partial charge in [0.25, 0.3) is 0 Å². The first-order valence-electron chi connectivity index (χ1n) is 13.8. The Bertz CT molecular complexity index is 1720. The van der Waals surface area contributed by atoms with Crippen LogP contribution in [-0.2, 0) is 16.0 Å². The van der Waals surface area contributed by atoms with Crippen molar-refractivity contribution in [3.05, 3.63) is 100 Å². The number of carbonyl (C=O) groups is 1. The number of hydrogen-bond donors (Lipinski definition) is 0. The van der Waals surface area contributed by atoms with Gasteiger partial charge >= 0.3 is 5.97 Å². The van der Waals surface area contributed by atoms with E-state index in [4.69, 9.17) is 18.9 Å². The second-order valence-corrected chi connectivity index (χ2v) is 10.6. The number of halogens is 1. The highest BCUT2D eigenvalue weighted by Crippen LogP contribution is 2.45. The molecule has 2 aliphatic rings. The van der Waals surface area contributed by atoms with Crippen LogP contribution in [0.3, 0.4) is 0 Å². The minimum absolute atomic E-state index is 0.0730. The van der Waals surface area contributed by atoms with Crippen LogP contribution in [0, 0.1) is 31.0 Å². The molecule has 0 N–H and O–H groups in total. The Morgan fingerprint density at radius 3 is 2.60 bits per heavy atom. The lowest BCUT2D eigenvalue weighted by Crippen LogP contribution is -2.09. The van der Waals surface area contributed by atoms with E-state index < -0.39 is 6.10 Å². The fraction of sp³-hybridized carbons (Fsp3) is 0.265. The van der Waals surface area contributed by atoms with Gasteiger partial charge in [-0.25, -0.2) is 4.39 Å². The zero-order valence-corrected chi connectivity index (χ0v) is 23.6. The molecular formula is C34H29FN2O5. The molecule has 0 radical (unpaired) electrons. The third-order valence-electron chi connectivity index (χ3n) is 7.76. The van der Waals surface area contributed by atoms with Gasteiger partial charge in [0.15, 0.2) is 0 Å². The van der Waals surface area contributed by atoms with Gasteiger partial charge in [-0.3, -0.25) is 9.78 Å². The fourth-order valence-corrected chi connectivity index (χ4v) is 5.81. The molecule has 1 aromatic heterocycles. The van der Waals surface area contributed by atoms with Crippen molar-refractivity contribution >= 4 is 5.97 Å². The van der Waals surface area contributed by atoms with Crippen LogP contribution >= 0.6 is 0 Å². The van der Waals surface area contributed by atoms with Crippen LogP contribution in [0.4, 0.5) is 4.39 Å². The van der Waals surface area contributed by atoms with E-state index in [1.165, 1.54) is 13.2 Å². The average molecular weight is 565 g/mol. The van der Waals surface area contributed by atoms with Gasteiger partial charge in [-0.15, -0.1) is 0 Å². The van der Waals surface area contributed by atoms with Gasteiger partial charge in [0, 0.05) is 40.1 Å². The summed E-state index contributed by atoms with van der Waals surface area (Å²) in [6.45, 7) is 4.27. The van der Waals surface area contributed by atoms with Crippen molar-refractivity contribution in [3.63, 3.8) is 0 Å². The number of hydrogen-bond acceptors (Lipinski definition) is 7. The molecule has 0 bridgehead atoms. The van der Waals surface area contributed by atoms with Gasteiger partial charge in [-0.2, -0.15) is 5.26 Å². The number of carbonyl (C=O) groups excluding carboxylic acids is 1. The Balaban J connectivity index is 1.23. The number of nitrogens with zero attached hydrogens (tertiary/aromatic N) is 2. The highest BCUT2D eigenvalue weighted by Gasteiger charge is 2.32. The zero-order valence-electron chi connectivity index (χ0n) is 23.6. The van der Waals surface area contributed by atoms with E-state index in [9.17, 15) is 10.1 Å². The minimum Gasteiger partial charge on any atom is -0.492 e. The van der Waals surface area contributed by atoms with E-state index in [0.29, 0.717) is 53.6 Å². The number of aromatic nitrogens is 1. The summed E-state index contributed by atoms with van der Waals surface area (Å²) >= 11 is 0. The van der Waals surface area contributed by atoms with Crippen molar-refractivity contribution in [1.29, 1.82) is 5.26 Å². The molecule has 0 fully saturated rings. The van der Waals surface area contributed by atoms with Crippen molar-refractivity contribution in [1.82, 2.24) is 4.98 Å². The monoisotopic (exact) mass is 564 g/mol. The number of fused-ring (bicyclic) bond motifs is 2. The molecule has 1 aliphatic carbocycles. The van der Waals surface area contributed by atoms with Gasteiger partial charge in [0.1, 0.15) is 41.0 Å². The highest BCUT2D eigenvalue weighted by atomic mass is 19.1. The number of nitriles is 1. The SMILES string of the molecule is COC(=O)C[C@@H]1COc2cc(O[C@@H]3CCc4c(Oc5ccc(-c6cc(C)nc(C)c6)cc5C#N)ccc(F)c43)ccc21. The zero-order chi connectivity index (χ0) is 29.4. The molecule has 0 unspecified atom stereocenters. The van der Waals surface area contributed by atoms with E-state index in [0.717, 1.165) is 33.6 Å². The molecular weight excluding hydrogens is 535 g/mol. The maximum Gasteiger partial charge on any atom is 0.306 e. The van der Waals surface area contributed by atoms with Crippen molar-refractivity contribution < 1.29 is 28.1 Å². The predicted octanol–water partition coefficient (Wildman–Crippen LogP) is 7.27. The Hall–Kier alpha value is -4.90. The molecule has 4 aromatic rings. The first kappa shape index (κ1) is 27.3. The Morgan fingerprint density at radius 1 is 1.05 bits per heavy atom. The normalized spacial score (nSPS) is 16.6. The minimum atomic E-state index is -0.509. The van der Waals surface area contributed by atoms with Gasteiger partial charge in [-0.05, 0) is 80.3 Å². The average Bonchev–Trinajstić information content (AvgIpc) is 3.58. The van der Waals surface area contributed by atoms with E-state index in [1.54, 1.807) is 24.3 Å². The molecule has 8 heteroatoms. The molecule has 2 heterocycles. The molecule has 0 spiro atoms. The predicted molar refractivity (Wildman–Crippen MR) is 153 cm³/mol. The summed E-state index contributed by atoms with van der Waals surface area (Å²) in [6.07, 6.45) is 0.864. The second kappa shape index (κ2) is 11.2. The number of esters is 1. The standard InChI is InChI=1S/C34H29FN2O5/c1-19-12-22(13-20(2)37-19)21-4-9-29(23(14-21)17-36)42-30-11-8-28(35)34-27(30)7-10-31(34)41-25-5-6-26-24(15-33(38)39-3)18-40-32(26)16-25/h4-6,8-9,11-14,16,24,31H,7,10,15,18H2,1-3H3/t24-,31-/m1/s1. The molecule has 0 amide bonds. The van der Waals surface area contributed by atoms with Crippen molar-refractivity contribution in [2.45, 2.75) is 45.1 Å². The third kappa shape index (κ3) is 5.26. The Kier molecular flexibility index (Phi) is 7.26. The molecule has 0 saturated heterocycles. The molecule has 0 saturated carbocycles. The van der Waals surface area contributed by atoms with E-state index >= 15 is 4.39 Å². The van der Waals surface area contributed by atoms with Crippen LogP contribution in [0.25, 0.3) is 11.1 Å². The van der Waals surface area contributed by atoms with Crippen LogP contribution in [0.1, 0.15) is 58.5 Å². The van der Waals surface area contributed by atoms with Gasteiger partial charge in [0.05, 0.1) is 25.7 Å². The van der Waals surface area contributed by atoms with Crippen molar-refractivity contribution in [2.75, 3.05) is 13.7 Å². The summed E-state index contributed by atoms with van der Waals surface area (Å²) in [5.74, 6) is 1.39. The maximum atomic E-state index is 15.2. The molecule has 212 valence electrons. The van der Waals surface area contributed by atoms with Gasteiger partial charge < -0.3 is 18.9 Å². The number of ether oxygens (including phenoxy) is 4. The van der Waals surface area contributed by atoms with Gasteiger partial charge in [0.2, 0.25) is 0 Å². The molecule has 3 aromatic carbocycles. The summed E-state index contributed by atoms with van der Waals surface area (Å²) in [7, 11) is 1.37. The molecule has 7 nitrogen and oxygen atoms in total. The summed E-state index contributed by atoms with van der Waals surface area (Å²) in [5, 5.41) is 9.90. The lowest BCUT2D eigenvalue weighted by molar-refractivity contribution is -0.141. The van der Waals surface area contributed by atoms with Crippen LogP contribution in [0.5, 0.6) is 23.0 Å². The van der Waals surface area contributed by atoms with Crippen LogP contribution in [0.2, 0.25) is 0 Å². The molecule has 42 heavy (non-hydrogen) atoms. The first-order valence-corrected chi connectivity index (χ1v) is 13.8. The van der Waals surface area contributed by atoms with Crippen LogP contribution in [0.15, 0.2) is 60.7 Å². The summed E-state index contributed by atoms with van der Waals surface area (Å²) in [5.41, 5.74) is 6.15. The van der Waals surface area contributed by atoms with Crippen molar-refractivity contribution in [2.24, 2.45) is 0 Å². The lowest BCUT2D eigenvalue weighted by Gasteiger charge is -2.18. The lowest BCUT2D eigenvalue weighted by atomic mass is 9.98. The maximum absolute atomic E-state index is 15.2. The third-order valence-corrected chi connectivity index (χ3v) is 7.76. The largest absolute Gasteiger partial charge is 0.492 e. The number of methoxy groups -OCH3 is 1. The smallest absolute Gasteiger partial charge is 0.306 e. The van der Waals surface area contributed by atoms with Gasteiger partial charge in [-0.1, -0.05) is 12.1 Å². The molecule has 2 atom stereocenters. The van der Waals surface area contributed by atoms with Crippen LogP contribution in [-0.4, -0.2) is 24.7 Å². The second-order valence-electron chi connectivity index (χ2n) is 10.6. The highest BCUT2D eigenvalue weighted by molar-refractivity contribution is 5.71. The number of aryl methyl sites for hydroxylation is 2.